The van der Waals surface area contributed by atoms with Crippen LogP contribution in [0.15, 0.2) is 47.8 Å². The molecule has 0 aliphatic rings. The van der Waals surface area contributed by atoms with Gasteiger partial charge in [-0.25, -0.2) is 4.98 Å². The molecule has 0 radical (unpaired) electrons. The van der Waals surface area contributed by atoms with Gasteiger partial charge in [0.15, 0.2) is 11.7 Å². The van der Waals surface area contributed by atoms with Crippen LogP contribution in [-0.4, -0.2) is 22.4 Å². The number of aryl methyl sites for hydroxylation is 2. The molecule has 1 aromatic heterocycles. The lowest BCUT2D eigenvalue weighted by molar-refractivity contribution is -0.384. The van der Waals surface area contributed by atoms with E-state index >= 15 is 0 Å². The predicted octanol–water partition coefficient (Wildman–Crippen LogP) is 4.35. The molecule has 3 rings (SSSR count). The Kier molecular flexibility index (Phi) is 5.46. The zero-order chi connectivity index (χ0) is 19.4. The van der Waals surface area contributed by atoms with E-state index in [0.717, 1.165) is 11.1 Å². The maximum Gasteiger partial charge on any atom is 0.270 e. The van der Waals surface area contributed by atoms with Gasteiger partial charge in [-0.2, -0.15) is 0 Å². The Morgan fingerprint density at radius 2 is 2.07 bits per heavy atom. The molecule has 138 valence electrons. The van der Waals surface area contributed by atoms with Crippen molar-refractivity contribution in [3.8, 4) is 17.0 Å². The van der Waals surface area contributed by atoms with Crippen molar-refractivity contribution in [1.29, 1.82) is 0 Å². The fraction of sp³-hybridized carbons (Fsp3) is 0.158. The number of nitrogens with one attached hydrogen (secondary N) is 1. The van der Waals surface area contributed by atoms with E-state index < -0.39 is 4.92 Å². The van der Waals surface area contributed by atoms with Crippen LogP contribution in [0.2, 0.25) is 0 Å². The van der Waals surface area contributed by atoms with Gasteiger partial charge in [-0.05, 0) is 31.0 Å². The molecule has 0 aliphatic carbocycles. The maximum atomic E-state index is 12.1. The summed E-state index contributed by atoms with van der Waals surface area (Å²) >= 11 is 1.25. The predicted molar refractivity (Wildman–Crippen MR) is 104 cm³/mol. The van der Waals surface area contributed by atoms with Crippen molar-refractivity contribution >= 4 is 28.1 Å². The third-order valence-electron chi connectivity index (χ3n) is 3.81. The van der Waals surface area contributed by atoms with Gasteiger partial charge in [0.2, 0.25) is 0 Å². The number of hydrogen-bond donors (Lipinski definition) is 1. The van der Waals surface area contributed by atoms with Gasteiger partial charge in [-0.1, -0.05) is 24.3 Å². The Bertz CT molecular complexity index is 1000. The molecule has 0 aliphatic heterocycles. The van der Waals surface area contributed by atoms with Gasteiger partial charge in [0.25, 0.3) is 11.6 Å². The van der Waals surface area contributed by atoms with Gasteiger partial charge in [0.1, 0.15) is 5.75 Å². The minimum Gasteiger partial charge on any atom is -0.483 e. The van der Waals surface area contributed by atoms with Crippen LogP contribution in [0.3, 0.4) is 0 Å². The fourth-order valence-electron chi connectivity index (χ4n) is 2.40. The number of thiazole rings is 1. The zero-order valence-corrected chi connectivity index (χ0v) is 15.6. The minimum absolute atomic E-state index is 0.00647. The van der Waals surface area contributed by atoms with Crippen LogP contribution in [0.5, 0.6) is 5.75 Å². The minimum atomic E-state index is -0.455. The highest BCUT2D eigenvalue weighted by atomic mass is 32.1. The Balaban J connectivity index is 1.63. The van der Waals surface area contributed by atoms with Crippen molar-refractivity contribution in [1.82, 2.24) is 4.98 Å². The summed E-state index contributed by atoms with van der Waals surface area (Å²) in [4.78, 5) is 26.9. The summed E-state index contributed by atoms with van der Waals surface area (Å²) in [6.45, 7) is 3.74. The SMILES string of the molecule is Cc1ccc(C)c(OCC(=O)Nc2nc(-c3cccc([N+](=O)[O-])c3)cs2)c1. The molecule has 27 heavy (non-hydrogen) atoms. The summed E-state index contributed by atoms with van der Waals surface area (Å²) in [5.74, 6) is 0.345. The van der Waals surface area contributed by atoms with Crippen molar-refractivity contribution in [3.05, 3.63) is 69.1 Å². The number of ether oxygens (including phenoxy) is 1. The molecule has 8 heteroatoms. The molecule has 3 aromatic rings. The van der Waals surface area contributed by atoms with Gasteiger partial charge in [-0.15, -0.1) is 11.3 Å². The molecule has 0 saturated heterocycles. The maximum absolute atomic E-state index is 12.1. The van der Waals surface area contributed by atoms with E-state index in [4.69, 9.17) is 4.74 Å². The van der Waals surface area contributed by atoms with E-state index in [9.17, 15) is 14.9 Å². The molecule has 0 unspecified atom stereocenters. The van der Waals surface area contributed by atoms with E-state index in [1.54, 1.807) is 17.5 Å². The first-order chi connectivity index (χ1) is 12.9. The number of nitro benzene ring substituents is 1. The first-order valence-electron chi connectivity index (χ1n) is 8.12. The number of anilines is 1. The van der Waals surface area contributed by atoms with Crippen LogP contribution in [0.4, 0.5) is 10.8 Å². The van der Waals surface area contributed by atoms with Gasteiger partial charge >= 0.3 is 0 Å². The fourth-order valence-corrected chi connectivity index (χ4v) is 3.14. The number of benzene rings is 2. The molecule has 1 heterocycles. The lowest BCUT2D eigenvalue weighted by Gasteiger charge is -2.09. The second-order valence-corrected chi connectivity index (χ2v) is 6.81. The Labute approximate surface area is 159 Å². The quantitative estimate of drug-likeness (QED) is 0.504. The number of carbonyl (C=O) groups is 1. The lowest BCUT2D eigenvalue weighted by Crippen LogP contribution is -2.20. The molecule has 7 nitrogen and oxygen atoms in total. The smallest absolute Gasteiger partial charge is 0.270 e. The van der Waals surface area contributed by atoms with Crippen LogP contribution in [-0.2, 0) is 4.79 Å². The Morgan fingerprint density at radius 1 is 1.26 bits per heavy atom. The zero-order valence-electron chi connectivity index (χ0n) is 14.8. The topological polar surface area (TPSA) is 94.4 Å². The normalized spacial score (nSPS) is 10.4. The lowest BCUT2D eigenvalue weighted by atomic mass is 10.1. The van der Waals surface area contributed by atoms with Gasteiger partial charge < -0.3 is 4.74 Å². The number of nitrogens with zero attached hydrogens (tertiary/aromatic N) is 2. The molecular formula is C19H17N3O4S. The van der Waals surface area contributed by atoms with Crippen LogP contribution >= 0.6 is 11.3 Å². The molecule has 1 amide bonds. The highest BCUT2D eigenvalue weighted by Gasteiger charge is 2.12. The van der Waals surface area contributed by atoms with Crippen LogP contribution in [0.25, 0.3) is 11.3 Å². The Morgan fingerprint density at radius 3 is 2.85 bits per heavy atom. The van der Waals surface area contributed by atoms with Crippen LogP contribution in [0.1, 0.15) is 11.1 Å². The summed E-state index contributed by atoms with van der Waals surface area (Å²) < 4.78 is 5.57. The van der Waals surface area contributed by atoms with Crippen molar-refractivity contribution in [2.24, 2.45) is 0 Å². The number of hydrogen-bond acceptors (Lipinski definition) is 6. The van der Waals surface area contributed by atoms with Crippen LogP contribution in [0, 0.1) is 24.0 Å². The molecule has 0 bridgehead atoms. The largest absolute Gasteiger partial charge is 0.483 e. The molecule has 0 spiro atoms. The molecular weight excluding hydrogens is 366 g/mol. The van der Waals surface area contributed by atoms with Crippen LogP contribution < -0.4 is 10.1 Å². The molecule has 1 N–H and O–H groups in total. The molecule has 0 atom stereocenters. The van der Waals surface area contributed by atoms with Crippen molar-refractivity contribution in [2.75, 3.05) is 11.9 Å². The number of carbonyl (C=O) groups excluding carboxylic acids is 1. The number of nitro groups is 1. The van der Waals surface area contributed by atoms with Gasteiger partial charge in [0, 0.05) is 23.1 Å². The number of amides is 1. The molecule has 0 saturated carbocycles. The van der Waals surface area contributed by atoms with E-state index in [-0.39, 0.29) is 18.2 Å². The second-order valence-electron chi connectivity index (χ2n) is 5.95. The monoisotopic (exact) mass is 383 g/mol. The van der Waals surface area contributed by atoms with Crippen molar-refractivity contribution in [3.63, 3.8) is 0 Å². The molecule has 2 aromatic carbocycles. The van der Waals surface area contributed by atoms with E-state index in [2.05, 4.69) is 10.3 Å². The summed E-state index contributed by atoms with van der Waals surface area (Å²) in [7, 11) is 0. The number of aromatic nitrogens is 1. The van der Waals surface area contributed by atoms with Crippen molar-refractivity contribution in [2.45, 2.75) is 13.8 Å². The third-order valence-corrected chi connectivity index (χ3v) is 4.56. The number of rotatable bonds is 6. The standard InChI is InChI=1S/C19H17N3O4S/c1-12-6-7-13(2)17(8-12)26-10-18(23)21-19-20-16(11-27-19)14-4-3-5-15(9-14)22(24)25/h3-9,11H,10H2,1-2H3,(H,20,21,23). The number of non-ortho nitro benzene ring substituents is 1. The summed E-state index contributed by atoms with van der Waals surface area (Å²) in [6.07, 6.45) is 0. The highest BCUT2D eigenvalue weighted by molar-refractivity contribution is 7.14. The summed E-state index contributed by atoms with van der Waals surface area (Å²) in [5.41, 5.74) is 3.18. The van der Waals surface area contributed by atoms with E-state index in [0.29, 0.717) is 22.1 Å². The van der Waals surface area contributed by atoms with Gasteiger partial charge in [-0.3, -0.25) is 20.2 Å². The second kappa shape index (κ2) is 7.96. The first kappa shape index (κ1) is 18.5. The third kappa shape index (κ3) is 4.68. The van der Waals surface area contributed by atoms with E-state index in [1.807, 2.05) is 32.0 Å². The van der Waals surface area contributed by atoms with Crippen molar-refractivity contribution < 1.29 is 14.5 Å². The summed E-state index contributed by atoms with van der Waals surface area (Å²) in [6, 6.07) is 12.0. The average Bonchev–Trinajstić information content (AvgIpc) is 3.11. The van der Waals surface area contributed by atoms with E-state index in [1.165, 1.54) is 23.5 Å². The first-order valence-corrected chi connectivity index (χ1v) is 9.00. The molecule has 0 fully saturated rings. The Hall–Kier alpha value is -3.26. The average molecular weight is 383 g/mol. The van der Waals surface area contributed by atoms with Gasteiger partial charge in [0.05, 0.1) is 10.6 Å². The highest BCUT2D eigenvalue weighted by Crippen LogP contribution is 2.27. The summed E-state index contributed by atoms with van der Waals surface area (Å²) in [5, 5.41) is 15.7.